The van der Waals surface area contributed by atoms with E-state index in [1.165, 1.54) is 106 Å². The van der Waals surface area contributed by atoms with Crippen LogP contribution < -0.4 is 0 Å². The van der Waals surface area contributed by atoms with Gasteiger partial charge in [0.15, 0.2) is 0 Å². The SMILES string of the molecule is C=CC(=O)OCCCC1(C(=C)C)c2ccccc2-c2ccc(-c3ccc4c(c3)C(C)(C)c3cc(-c5ccc6cc(-c7ccc8ccccc8c7)ccc6c5)ccc3-4)cc21. The summed E-state index contributed by atoms with van der Waals surface area (Å²) in [7, 11) is 0. The molecular weight excluding hydrogens is 717 g/mol. The predicted octanol–water partition coefficient (Wildman–Crippen LogP) is 14.7. The second-order valence-corrected chi connectivity index (χ2v) is 17.0. The summed E-state index contributed by atoms with van der Waals surface area (Å²) < 4.78 is 5.42. The fourth-order valence-corrected chi connectivity index (χ4v) is 10.1. The Labute approximate surface area is 347 Å². The smallest absolute Gasteiger partial charge is 0.330 e. The van der Waals surface area contributed by atoms with Crippen molar-refractivity contribution in [3.8, 4) is 55.6 Å². The summed E-state index contributed by atoms with van der Waals surface area (Å²) in [6.45, 7) is 15.3. The predicted molar refractivity (Wildman–Crippen MR) is 247 cm³/mol. The van der Waals surface area contributed by atoms with Crippen molar-refractivity contribution >= 4 is 27.5 Å². The molecule has 8 aromatic carbocycles. The zero-order valence-electron chi connectivity index (χ0n) is 33.9. The van der Waals surface area contributed by atoms with Gasteiger partial charge in [0.2, 0.25) is 0 Å². The molecule has 0 bridgehead atoms. The number of fused-ring (bicyclic) bond motifs is 8. The molecule has 8 aromatic rings. The molecule has 286 valence electrons. The molecule has 1 atom stereocenters. The Balaban J connectivity index is 0.963. The number of rotatable bonds is 9. The molecular formula is C57H46O2. The van der Waals surface area contributed by atoms with Crippen molar-refractivity contribution in [1.82, 2.24) is 0 Å². The Morgan fingerprint density at radius 1 is 0.525 bits per heavy atom. The maximum absolute atomic E-state index is 11.9. The molecule has 0 N–H and O–H groups in total. The van der Waals surface area contributed by atoms with Gasteiger partial charge in [-0.2, -0.15) is 0 Å². The molecule has 0 aromatic heterocycles. The van der Waals surface area contributed by atoms with Gasteiger partial charge in [-0.3, -0.25) is 0 Å². The minimum absolute atomic E-state index is 0.181. The number of esters is 1. The highest BCUT2D eigenvalue weighted by molar-refractivity contribution is 5.94. The fourth-order valence-electron chi connectivity index (χ4n) is 10.1. The second-order valence-electron chi connectivity index (χ2n) is 17.0. The van der Waals surface area contributed by atoms with Crippen LogP contribution in [0.3, 0.4) is 0 Å². The van der Waals surface area contributed by atoms with Gasteiger partial charge in [0.05, 0.1) is 6.61 Å². The summed E-state index contributed by atoms with van der Waals surface area (Å²) >= 11 is 0. The van der Waals surface area contributed by atoms with Crippen LogP contribution >= 0.6 is 0 Å². The monoisotopic (exact) mass is 762 g/mol. The first-order valence-electron chi connectivity index (χ1n) is 20.7. The molecule has 0 aliphatic heterocycles. The van der Waals surface area contributed by atoms with Crippen LogP contribution in [-0.4, -0.2) is 12.6 Å². The largest absolute Gasteiger partial charge is 0.463 e. The zero-order valence-corrected chi connectivity index (χ0v) is 33.9. The van der Waals surface area contributed by atoms with Crippen molar-refractivity contribution in [1.29, 1.82) is 0 Å². The molecule has 59 heavy (non-hydrogen) atoms. The van der Waals surface area contributed by atoms with Crippen LogP contribution in [-0.2, 0) is 20.4 Å². The van der Waals surface area contributed by atoms with E-state index in [1.807, 2.05) is 0 Å². The average Bonchev–Trinajstić information content (AvgIpc) is 3.68. The number of carbonyl (C=O) groups excluding carboxylic acids is 1. The molecule has 0 saturated carbocycles. The number of hydrogen-bond donors (Lipinski definition) is 0. The van der Waals surface area contributed by atoms with Gasteiger partial charge in [0.25, 0.3) is 0 Å². The summed E-state index contributed by atoms with van der Waals surface area (Å²) in [5, 5.41) is 5.00. The minimum atomic E-state index is -0.387. The van der Waals surface area contributed by atoms with Crippen LogP contribution in [0.1, 0.15) is 55.9 Å². The Kier molecular flexibility index (Phi) is 8.65. The highest BCUT2D eigenvalue weighted by atomic mass is 16.5. The van der Waals surface area contributed by atoms with E-state index in [2.05, 4.69) is 192 Å². The van der Waals surface area contributed by atoms with Crippen molar-refractivity contribution in [3.63, 3.8) is 0 Å². The Morgan fingerprint density at radius 3 is 1.51 bits per heavy atom. The normalized spacial score (nSPS) is 15.6. The first-order chi connectivity index (χ1) is 28.7. The third-order valence-corrected chi connectivity index (χ3v) is 13.3. The van der Waals surface area contributed by atoms with Gasteiger partial charge >= 0.3 is 5.97 Å². The van der Waals surface area contributed by atoms with Crippen LogP contribution in [0.4, 0.5) is 0 Å². The van der Waals surface area contributed by atoms with E-state index in [1.54, 1.807) is 0 Å². The molecule has 0 fully saturated rings. The molecule has 0 amide bonds. The molecule has 2 nitrogen and oxygen atoms in total. The van der Waals surface area contributed by atoms with Crippen LogP contribution in [0.5, 0.6) is 0 Å². The molecule has 0 spiro atoms. The summed E-state index contributed by atoms with van der Waals surface area (Å²) in [5.41, 5.74) is 18.2. The van der Waals surface area contributed by atoms with Crippen molar-refractivity contribution in [2.75, 3.05) is 6.61 Å². The van der Waals surface area contributed by atoms with E-state index in [0.29, 0.717) is 13.0 Å². The third kappa shape index (κ3) is 5.89. The van der Waals surface area contributed by atoms with Crippen LogP contribution in [0.25, 0.3) is 77.2 Å². The van der Waals surface area contributed by atoms with Crippen molar-refractivity contribution in [2.24, 2.45) is 0 Å². The van der Waals surface area contributed by atoms with Gasteiger partial charge in [-0.05, 0) is 156 Å². The van der Waals surface area contributed by atoms with Gasteiger partial charge in [-0.15, -0.1) is 0 Å². The fraction of sp³-hybridized carbons (Fsp3) is 0.140. The first kappa shape index (κ1) is 36.6. The van der Waals surface area contributed by atoms with Crippen LogP contribution in [0.2, 0.25) is 0 Å². The van der Waals surface area contributed by atoms with Gasteiger partial charge in [-0.25, -0.2) is 4.79 Å². The van der Waals surface area contributed by atoms with Gasteiger partial charge < -0.3 is 4.74 Å². The Bertz CT molecular complexity index is 3050. The second kappa shape index (κ2) is 14.0. The third-order valence-electron chi connectivity index (χ3n) is 13.3. The molecule has 1 unspecified atom stereocenters. The molecule has 0 saturated heterocycles. The Morgan fingerprint density at radius 2 is 0.949 bits per heavy atom. The lowest BCUT2D eigenvalue weighted by Crippen LogP contribution is -2.27. The number of allylic oxidation sites excluding steroid dienone is 1. The van der Waals surface area contributed by atoms with E-state index in [0.717, 1.165) is 12.0 Å². The number of ether oxygens (including phenoxy) is 1. The van der Waals surface area contributed by atoms with E-state index in [-0.39, 0.29) is 16.8 Å². The maximum atomic E-state index is 11.9. The van der Waals surface area contributed by atoms with Crippen molar-refractivity contribution < 1.29 is 9.53 Å². The maximum Gasteiger partial charge on any atom is 0.330 e. The average molecular weight is 763 g/mol. The topological polar surface area (TPSA) is 26.3 Å². The molecule has 2 heteroatoms. The molecule has 2 aliphatic rings. The molecule has 10 rings (SSSR count). The minimum Gasteiger partial charge on any atom is -0.463 e. The molecule has 0 heterocycles. The number of hydrogen-bond acceptors (Lipinski definition) is 2. The van der Waals surface area contributed by atoms with Crippen LogP contribution in [0.15, 0.2) is 183 Å². The van der Waals surface area contributed by atoms with Gasteiger partial charge in [0, 0.05) is 16.9 Å². The lowest BCUT2D eigenvalue weighted by molar-refractivity contribution is -0.137. The molecule has 0 radical (unpaired) electrons. The lowest BCUT2D eigenvalue weighted by Gasteiger charge is -2.33. The van der Waals surface area contributed by atoms with E-state index in [4.69, 9.17) is 4.74 Å². The first-order valence-corrected chi connectivity index (χ1v) is 20.7. The van der Waals surface area contributed by atoms with Gasteiger partial charge in [-0.1, -0.05) is 154 Å². The van der Waals surface area contributed by atoms with E-state index < -0.39 is 0 Å². The Hall–Kier alpha value is -6.77. The van der Waals surface area contributed by atoms with Crippen molar-refractivity contribution in [2.45, 2.75) is 44.4 Å². The van der Waals surface area contributed by atoms with Crippen molar-refractivity contribution in [3.05, 3.63) is 205 Å². The number of carbonyl (C=O) groups is 1. The summed E-state index contributed by atoms with van der Waals surface area (Å²) in [6, 6.07) is 58.7. The van der Waals surface area contributed by atoms with E-state index >= 15 is 0 Å². The summed E-state index contributed by atoms with van der Waals surface area (Å²) in [6.07, 6.45) is 2.73. The van der Waals surface area contributed by atoms with E-state index in [9.17, 15) is 4.79 Å². The van der Waals surface area contributed by atoms with Crippen LogP contribution in [0, 0.1) is 0 Å². The highest BCUT2D eigenvalue weighted by Crippen LogP contribution is 2.56. The highest BCUT2D eigenvalue weighted by Gasteiger charge is 2.44. The van der Waals surface area contributed by atoms with Gasteiger partial charge in [0.1, 0.15) is 0 Å². The quantitative estimate of drug-likeness (QED) is 0.0633. The number of benzene rings is 8. The summed E-state index contributed by atoms with van der Waals surface area (Å²) in [4.78, 5) is 11.9. The standard InChI is InChI=1S/C57H46O2/c1-6-55(58)59-29-11-28-57(36(2)3)51-15-10-9-14-47(51)50-27-24-46(35-54(50)57)45-23-26-49-48-25-22-44(33-52(48)56(4,5)53(49)34-45)43-21-20-41-31-40(18-19-42(41)32-43)39-17-16-37-12-7-8-13-38(37)30-39/h6-10,12-27,30-35H,1-2,11,28-29H2,3-5H3. The zero-order chi connectivity index (χ0) is 40.5. The lowest BCUT2D eigenvalue weighted by atomic mass is 9.69. The summed E-state index contributed by atoms with van der Waals surface area (Å²) in [5.74, 6) is -0.387. The molecule has 2 aliphatic carbocycles.